The van der Waals surface area contributed by atoms with Crippen molar-refractivity contribution in [2.24, 2.45) is 0 Å². The molecule has 0 aliphatic carbocycles. The Hall–Kier alpha value is -1.78. The molecule has 1 aromatic heterocycles. The molecule has 0 fully saturated rings. The molecule has 108 valence electrons. The van der Waals surface area contributed by atoms with Crippen LogP contribution in [0.2, 0.25) is 0 Å². The second-order valence-electron chi connectivity index (χ2n) is 4.65. The molecular formula is C16H21NO3. The van der Waals surface area contributed by atoms with Gasteiger partial charge in [-0.1, -0.05) is 19.1 Å². The van der Waals surface area contributed by atoms with Gasteiger partial charge in [-0.3, -0.25) is 5.32 Å². The first-order chi connectivity index (χ1) is 9.78. The van der Waals surface area contributed by atoms with Crippen LogP contribution >= 0.6 is 0 Å². The van der Waals surface area contributed by atoms with E-state index in [4.69, 9.17) is 9.15 Å². The van der Waals surface area contributed by atoms with Crippen molar-refractivity contribution in [3.63, 3.8) is 0 Å². The summed E-state index contributed by atoms with van der Waals surface area (Å²) in [6.07, 6.45) is 2.54. The van der Waals surface area contributed by atoms with Gasteiger partial charge in [-0.15, -0.1) is 0 Å². The number of rotatable bonds is 7. The Kier molecular flexibility index (Phi) is 5.21. The van der Waals surface area contributed by atoms with E-state index in [1.807, 2.05) is 36.4 Å². The molecule has 2 unspecified atom stereocenters. The Morgan fingerprint density at radius 3 is 2.45 bits per heavy atom. The van der Waals surface area contributed by atoms with Crippen molar-refractivity contribution >= 4 is 0 Å². The summed E-state index contributed by atoms with van der Waals surface area (Å²) in [6, 6.07) is 11.6. The van der Waals surface area contributed by atoms with Gasteiger partial charge in [0.2, 0.25) is 0 Å². The molecule has 0 saturated heterocycles. The van der Waals surface area contributed by atoms with E-state index < -0.39 is 0 Å². The van der Waals surface area contributed by atoms with Crippen LogP contribution in [0, 0.1) is 0 Å². The van der Waals surface area contributed by atoms with Crippen molar-refractivity contribution in [1.82, 2.24) is 5.32 Å². The third-order valence-electron chi connectivity index (χ3n) is 3.40. The lowest BCUT2D eigenvalue weighted by atomic mass is 10.0. The van der Waals surface area contributed by atoms with Gasteiger partial charge in [0.05, 0.1) is 26.0 Å². The highest BCUT2D eigenvalue weighted by atomic mass is 16.5. The lowest BCUT2D eigenvalue weighted by molar-refractivity contribution is 0.213. The summed E-state index contributed by atoms with van der Waals surface area (Å²) >= 11 is 0. The molecule has 1 heterocycles. The number of methoxy groups -OCH3 is 1. The monoisotopic (exact) mass is 275 g/mol. The van der Waals surface area contributed by atoms with Crippen molar-refractivity contribution in [3.8, 4) is 5.75 Å². The summed E-state index contributed by atoms with van der Waals surface area (Å²) < 4.78 is 10.5. The third kappa shape index (κ3) is 3.40. The van der Waals surface area contributed by atoms with Crippen LogP contribution in [0.4, 0.5) is 0 Å². The number of hydrogen-bond acceptors (Lipinski definition) is 4. The number of benzene rings is 1. The molecule has 1 aromatic carbocycles. The molecule has 0 aliphatic rings. The van der Waals surface area contributed by atoms with Crippen LogP contribution in [0.15, 0.2) is 47.1 Å². The number of nitrogens with one attached hydrogen (secondary N) is 1. The first-order valence-corrected chi connectivity index (χ1v) is 6.82. The van der Waals surface area contributed by atoms with Gasteiger partial charge in [-0.25, -0.2) is 0 Å². The summed E-state index contributed by atoms with van der Waals surface area (Å²) in [7, 11) is 1.66. The van der Waals surface area contributed by atoms with E-state index in [-0.39, 0.29) is 18.7 Å². The molecular weight excluding hydrogens is 254 g/mol. The molecule has 4 nitrogen and oxygen atoms in total. The molecule has 0 amide bonds. The highest BCUT2D eigenvalue weighted by Crippen LogP contribution is 2.24. The van der Waals surface area contributed by atoms with Gasteiger partial charge in [0.1, 0.15) is 11.5 Å². The van der Waals surface area contributed by atoms with Crippen molar-refractivity contribution in [2.45, 2.75) is 25.4 Å². The number of aliphatic hydroxyl groups excluding tert-OH is 1. The predicted octanol–water partition coefficient (Wildman–Crippen LogP) is 3.06. The molecule has 0 saturated carbocycles. The van der Waals surface area contributed by atoms with Gasteiger partial charge in [0, 0.05) is 6.04 Å². The van der Waals surface area contributed by atoms with Crippen LogP contribution in [0.1, 0.15) is 36.8 Å². The minimum absolute atomic E-state index is 0.000167. The molecule has 0 spiro atoms. The van der Waals surface area contributed by atoms with Crippen molar-refractivity contribution < 1.29 is 14.3 Å². The van der Waals surface area contributed by atoms with Crippen molar-refractivity contribution in [3.05, 3.63) is 54.0 Å². The average Bonchev–Trinajstić information content (AvgIpc) is 3.03. The average molecular weight is 275 g/mol. The standard InChI is InChI=1S/C16H21NO3/c1-3-14(12-6-8-13(19-2)9-7-12)17-15(11-18)16-5-4-10-20-16/h4-10,14-15,17-18H,3,11H2,1-2H3. The molecule has 4 heteroatoms. The summed E-state index contributed by atoms with van der Waals surface area (Å²) in [5.74, 6) is 1.59. The fourth-order valence-corrected chi connectivity index (χ4v) is 2.24. The van der Waals surface area contributed by atoms with Crippen molar-refractivity contribution in [2.75, 3.05) is 13.7 Å². The maximum atomic E-state index is 9.53. The van der Waals surface area contributed by atoms with Crippen LogP contribution < -0.4 is 10.1 Å². The van der Waals surface area contributed by atoms with Crippen LogP contribution in [-0.4, -0.2) is 18.8 Å². The van der Waals surface area contributed by atoms with Gasteiger partial charge >= 0.3 is 0 Å². The zero-order chi connectivity index (χ0) is 14.4. The molecule has 0 bridgehead atoms. The van der Waals surface area contributed by atoms with E-state index in [0.29, 0.717) is 0 Å². The maximum absolute atomic E-state index is 9.53. The molecule has 20 heavy (non-hydrogen) atoms. The summed E-state index contributed by atoms with van der Waals surface area (Å²) in [5.41, 5.74) is 1.17. The second kappa shape index (κ2) is 7.12. The van der Waals surface area contributed by atoms with E-state index in [1.54, 1.807) is 13.4 Å². The first kappa shape index (κ1) is 14.6. The number of hydrogen-bond donors (Lipinski definition) is 2. The fraction of sp³-hybridized carbons (Fsp3) is 0.375. The van der Waals surface area contributed by atoms with Gasteiger partial charge < -0.3 is 14.3 Å². The van der Waals surface area contributed by atoms with Gasteiger partial charge in [0.25, 0.3) is 0 Å². The highest BCUT2D eigenvalue weighted by Gasteiger charge is 2.18. The van der Waals surface area contributed by atoms with Crippen LogP contribution in [0.25, 0.3) is 0 Å². The maximum Gasteiger partial charge on any atom is 0.123 e. The molecule has 2 rings (SSSR count). The summed E-state index contributed by atoms with van der Waals surface area (Å²) in [4.78, 5) is 0. The summed E-state index contributed by atoms with van der Waals surface area (Å²) in [5, 5.41) is 13.0. The Morgan fingerprint density at radius 1 is 1.20 bits per heavy atom. The van der Waals surface area contributed by atoms with Crippen LogP contribution in [0.5, 0.6) is 5.75 Å². The van der Waals surface area contributed by atoms with E-state index >= 15 is 0 Å². The van der Waals surface area contributed by atoms with Gasteiger partial charge in [0.15, 0.2) is 0 Å². The van der Waals surface area contributed by atoms with Gasteiger partial charge in [-0.05, 0) is 36.2 Å². The SMILES string of the molecule is CCC(NC(CO)c1ccco1)c1ccc(OC)cc1. The van der Waals surface area contributed by atoms with E-state index in [1.165, 1.54) is 5.56 Å². The second-order valence-corrected chi connectivity index (χ2v) is 4.65. The van der Waals surface area contributed by atoms with E-state index in [9.17, 15) is 5.11 Å². The number of ether oxygens (including phenoxy) is 1. The molecule has 0 radical (unpaired) electrons. The zero-order valence-electron chi connectivity index (χ0n) is 11.9. The predicted molar refractivity (Wildman–Crippen MR) is 77.7 cm³/mol. The largest absolute Gasteiger partial charge is 0.497 e. The Bertz CT molecular complexity index is 493. The van der Waals surface area contributed by atoms with E-state index in [0.717, 1.165) is 17.9 Å². The topological polar surface area (TPSA) is 54.6 Å². The molecule has 0 aliphatic heterocycles. The quantitative estimate of drug-likeness (QED) is 0.815. The Labute approximate surface area is 119 Å². The lowest BCUT2D eigenvalue weighted by Crippen LogP contribution is -2.28. The molecule has 2 N–H and O–H groups in total. The minimum atomic E-state index is -0.197. The Balaban J connectivity index is 2.10. The smallest absolute Gasteiger partial charge is 0.123 e. The fourth-order valence-electron chi connectivity index (χ4n) is 2.24. The number of furan rings is 1. The highest BCUT2D eigenvalue weighted by molar-refractivity contribution is 5.29. The van der Waals surface area contributed by atoms with E-state index in [2.05, 4.69) is 12.2 Å². The minimum Gasteiger partial charge on any atom is -0.497 e. The number of aliphatic hydroxyl groups is 1. The summed E-state index contributed by atoms with van der Waals surface area (Å²) in [6.45, 7) is 2.11. The zero-order valence-corrected chi connectivity index (χ0v) is 11.9. The molecule has 2 aromatic rings. The molecule has 2 atom stereocenters. The van der Waals surface area contributed by atoms with Crippen molar-refractivity contribution in [1.29, 1.82) is 0 Å². The van der Waals surface area contributed by atoms with Crippen LogP contribution in [-0.2, 0) is 0 Å². The first-order valence-electron chi connectivity index (χ1n) is 6.82. The third-order valence-corrected chi connectivity index (χ3v) is 3.40. The Morgan fingerprint density at radius 2 is 1.95 bits per heavy atom. The lowest BCUT2D eigenvalue weighted by Gasteiger charge is -2.23. The normalized spacial score (nSPS) is 13.9. The van der Waals surface area contributed by atoms with Gasteiger partial charge in [-0.2, -0.15) is 0 Å². The van der Waals surface area contributed by atoms with Crippen LogP contribution in [0.3, 0.4) is 0 Å².